The van der Waals surface area contributed by atoms with Crippen molar-refractivity contribution in [3.8, 4) is 11.3 Å². The average Bonchev–Trinajstić information content (AvgIpc) is 3.16. The van der Waals surface area contributed by atoms with Crippen molar-refractivity contribution < 1.29 is 14.5 Å². The second kappa shape index (κ2) is 8.50. The number of aromatic amines is 1. The number of H-pyrrole nitrogens is 1. The number of nitro benzene ring substituents is 1. The first-order valence-corrected chi connectivity index (χ1v) is 13.7. The molecule has 196 valence electrons. The maximum Gasteiger partial charge on any atom is 0.345 e. The Kier molecular flexibility index (Phi) is 5.58. The Labute approximate surface area is 216 Å². The fraction of sp³-hybridized carbons (Fsp3) is 0.621. The highest BCUT2D eigenvalue weighted by atomic mass is 16.6. The lowest BCUT2D eigenvalue weighted by molar-refractivity contribution is -0.384. The molecule has 1 N–H and O–H groups in total. The summed E-state index contributed by atoms with van der Waals surface area (Å²) in [6, 6.07) is 6.48. The van der Waals surface area contributed by atoms with E-state index >= 15 is 0 Å². The van der Waals surface area contributed by atoms with Crippen molar-refractivity contribution in [1.29, 1.82) is 0 Å². The minimum absolute atomic E-state index is 0.00521. The molecule has 8 nitrogen and oxygen atoms in total. The predicted octanol–water partition coefficient (Wildman–Crippen LogP) is 5.33. The van der Waals surface area contributed by atoms with Crippen molar-refractivity contribution >= 4 is 11.7 Å². The standard InChI is InChI=1S/C29H35N3O5/c1-16(33)37-20-9-11-28(2)18(14-20)7-8-21-23(28)10-12-29(3)24(21)15-22-25(30-27(34)31-26(22)29)17-5-4-6-19(13-17)32(35)36/h4-6,13,18,20-21,23-24H,7-12,14-15H2,1-3H3,(H,30,31,34)/t18-,20-,21+,23-,24-,28-,29-/m0/s1. The van der Waals surface area contributed by atoms with Crippen LogP contribution in [0.2, 0.25) is 0 Å². The van der Waals surface area contributed by atoms with Crippen molar-refractivity contribution in [2.75, 3.05) is 0 Å². The first-order chi connectivity index (χ1) is 17.6. The number of rotatable bonds is 3. The lowest BCUT2D eigenvalue weighted by atomic mass is 9.45. The van der Waals surface area contributed by atoms with Gasteiger partial charge >= 0.3 is 11.7 Å². The van der Waals surface area contributed by atoms with Gasteiger partial charge in [0.15, 0.2) is 0 Å². The number of nitrogens with zero attached hydrogens (tertiary/aromatic N) is 2. The Bertz CT molecular complexity index is 1340. The largest absolute Gasteiger partial charge is 0.463 e. The van der Waals surface area contributed by atoms with Crippen LogP contribution in [0.25, 0.3) is 11.3 Å². The predicted molar refractivity (Wildman–Crippen MR) is 138 cm³/mol. The number of aromatic nitrogens is 2. The van der Waals surface area contributed by atoms with Gasteiger partial charge in [-0.2, -0.15) is 4.98 Å². The Morgan fingerprint density at radius 1 is 1.16 bits per heavy atom. The number of nitro groups is 1. The molecule has 0 spiro atoms. The second-order valence-corrected chi connectivity index (χ2v) is 12.4. The third kappa shape index (κ3) is 3.74. The molecular formula is C29H35N3O5. The van der Waals surface area contributed by atoms with Crippen LogP contribution in [0, 0.1) is 39.2 Å². The fourth-order valence-electron chi connectivity index (χ4n) is 8.98. The number of hydrogen-bond donors (Lipinski definition) is 1. The summed E-state index contributed by atoms with van der Waals surface area (Å²) in [7, 11) is 0. The van der Waals surface area contributed by atoms with Gasteiger partial charge in [0.05, 0.1) is 10.6 Å². The molecule has 6 rings (SSSR count). The molecule has 8 heteroatoms. The summed E-state index contributed by atoms with van der Waals surface area (Å²) in [5, 5.41) is 11.4. The van der Waals surface area contributed by atoms with E-state index in [2.05, 4.69) is 23.8 Å². The highest BCUT2D eigenvalue weighted by Crippen LogP contribution is 2.65. The molecule has 37 heavy (non-hydrogen) atoms. The third-order valence-corrected chi connectivity index (χ3v) is 10.7. The normalized spacial score (nSPS) is 36.0. The van der Waals surface area contributed by atoms with Crippen LogP contribution in [0.3, 0.4) is 0 Å². The summed E-state index contributed by atoms with van der Waals surface area (Å²) in [6.07, 6.45) is 8.30. The molecule has 0 aliphatic heterocycles. The SMILES string of the molecule is CC(=O)O[C@H]1CC[C@@]2(C)[C@@H](CC[C@@H]3[C@@H]2CC[C@]2(C)c4[nH]c(=O)nc(-c5cccc([N+](=O)[O-])c5)c4C[C@@H]32)C1. The van der Waals surface area contributed by atoms with Gasteiger partial charge in [-0.3, -0.25) is 14.9 Å². The van der Waals surface area contributed by atoms with Crippen molar-refractivity contribution in [3.63, 3.8) is 0 Å². The quantitative estimate of drug-likeness (QED) is 0.342. The molecule has 0 saturated heterocycles. The highest BCUT2D eigenvalue weighted by Gasteiger charge is 2.60. The van der Waals surface area contributed by atoms with Crippen LogP contribution in [0.15, 0.2) is 29.1 Å². The number of carbonyl (C=O) groups excluding carboxylic acids is 1. The van der Waals surface area contributed by atoms with E-state index in [0.29, 0.717) is 34.9 Å². The van der Waals surface area contributed by atoms with Gasteiger partial charge in [-0.25, -0.2) is 4.79 Å². The Morgan fingerprint density at radius 3 is 2.73 bits per heavy atom. The van der Waals surface area contributed by atoms with Crippen molar-refractivity contribution in [2.24, 2.45) is 29.1 Å². The molecular weight excluding hydrogens is 470 g/mol. The van der Waals surface area contributed by atoms with E-state index in [4.69, 9.17) is 4.74 Å². The summed E-state index contributed by atoms with van der Waals surface area (Å²) < 4.78 is 5.62. The molecule has 4 aliphatic carbocycles. The molecule has 0 amide bonds. The van der Waals surface area contributed by atoms with Gasteiger partial charge in [0, 0.05) is 35.7 Å². The van der Waals surface area contributed by atoms with E-state index in [1.165, 1.54) is 19.1 Å². The number of hydrogen-bond acceptors (Lipinski definition) is 6. The summed E-state index contributed by atoms with van der Waals surface area (Å²) in [4.78, 5) is 42.8. The first-order valence-electron chi connectivity index (χ1n) is 13.7. The number of ether oxygens (including phenoxy) is 1. The van der Waals surface area contributed by atoms with Crippen molar-refractivity contribution in [2.45, 2.75) is 83.7 Å². The minimum Gasteiger partial charge on any atom is -0.463 e. The number of nitrogens with one attached hydrogen (secondary N) is 1. The monoisotopic (exact) mass is 505 g/mol. The zero-order chi connectivity index (χ0) is 26.1. The van der Waals surface area contributed by atoms with Crippen molar-refractivity contribution in [1.82, 2.24) is 9.97 Å². The summed E-state index contributed by atoms with van der Waals surface area (Å²) in [5.74, 6) is 1.96. The molecule has 4 aliphatic rings. The van der Waals surface area contributed by atoms with Gasteiger partial charge in [-0.15, -0.1) is 0 Å². The van der Waals surface area contributed by atoms with Crippen LogP contribution in [0.1, 0.15) is 77.0 Å². The molecule has 2 aromatic rings. The van der Waals surface area contributed by atoms with Gasteiger partial charge < -0.3 is 9.72 Å². The molecule has 7 atom stereocenters. The Balaban J connectivity index is 1.34. The Hall–Kier alpha value is -3.03. The Morgan fingerprint density at radius 2 is 1.97 bits per heavy atom. The van der Waals surface area contributed by atoms with E-state index in [9.17, 15) is 19.7 Å². The summed E-state index contributed by atoms with van der Waals surface area (Å²) >= 11 is 0. The lowest BCUT2D eigenvalue weighted by Crippen LogP contribution is -2.54. The van der Waals surface area contributed by atoms with E-state index in [1.54, 1.807) is 6.07 Å². The van der Waals surface area contributed by atoms with Gasteiger partial charge in [-0.05, 0) is 86.0 Å². The van der Waals surface area contributed by atoms with Crippen LogP contribution in [0.4, 0.5) is 5.69 Å². The average molecular weight is 506 g/mol. The summed E-state index contributed by atoms with van der Waals surface area (Å²) in [6.45, 7) is 6.28. The first kappa shape index (κ1) is 24.3. The molecule has 3 saturated carbocycles. The number of fused-ring (bicyclic) bond motifs is 7. The molecule has 0 bridgehead atoms. The third-order valence-electron chi connectivity index (χ3n) is 10.7. The number of non-ortho nitro benzene ring substituents is 1. The fourth-order valence-corrected chi connectivity index (χ4v) is 8.98. The van der Waals surface area contributed by atoms with Crippen LogP contribution in [0.5, 0.6) is 0 Å². The molecule has 0 unspecified atom stereocenters. The van der Waals surface area contributed by atoms with Crippen LogP contribution >= 0.6 is 0 Å². The van der Waals surface area contributed by atoms with E-state index in [0.717, 1.165) is 62.6 Å². The topological polar surface area (TPSA) is 115 Å². The van der Waals surface area contributed by atoms with Gasteiger partial charge in [0.1, 0.15) is 6.10 Å². The molecule has 1 aromatic heterocycles. The maximum atomic E-state index is 12.8. The minimum atomic E-state index is -0.405. The number of esters is 1. The second-order valence-electron chi connectivity index (χ2n) is 12.4. The lowest BCUT2D eigenvalue weighted by Gasteiger charge is -2.60. The molecule has 0 radical (unpaired) electrons. The van der Waals surface area contributed by atoms with E-state index in [-0.39, 0.29) is 34.3 Å². The molecule has 3 fully saturated rings. The summed E-state index contributed by atoms with van der Waals surface area (Å²) in [5.41, 5.74) is 3.00. The smallest absolute Gasteiger partial charge is 0.345 e. The van der Waals surface area contributed by atoms with Crippen LogP contribution in [-0.4, -0.2) is 27.0 Å². The number of carbonyl (C=O) groups is 1. The zero-order valence-electron chi connectivity index (χ0n) is 21.8. The number of benzene rings is 1. The van der Waals surface area contributed by atoms with Crippen LogP contribution in [-0.2, 0) is 21.4 Å². The molecule has 1 heterocycles. The maximum absolute atomic E-state index is 12.8. The van der Waals surface area contributed by atoms with Gasteiger partial charge in [0.25, 0.3) is 5.69 Å². The highest BCUT2D eigenvalue weighted by molar-refractivity contribution is 5.68. The van der Waals surface area contributed by atoms with Gasteiger partial charge in [0.2, 0.25) is 0 Å². The molecule has 1 aromatic carbocycles. The van der Waals surface area contributed by atoms with E-state index < -0.39 is 4.92 Å². The zero-order valence-corrected chi connectivity index (χ0v) is 21.8. The van der Waals surface area contributed by atoms with Crippen molar-refractivity contribution in [3.05, 3.63) is 56.1 Å². The van der Waals surface area contributed by atoms with Crippen LogP contribution < -0.4 is 5.69 Å². The van der Waals surface area contributed by atoms with E-state index in [1.807, 2.05) is 6.07 Å². The van der Waals surface area contributed by atoms with Gasteiger partial charge in [-0.1, -0.05) is 26.0 Å².